The third kappa shape index (κ3) is 1.53. The zero-order valence-electron chi connectivity index (χ0n) is 7.98. The predicted molar refractivity (Wildman–Crippen MR) is 58.8 cm³/mol. The van der Waals surface area contributed by atoms with Crippen LogP contribution in [-0.4, -0.2) is 16.9 Å². The first-order valence-corrected chi connectivity index (χ1v) is 5.18. The summed E-state index contributed by atoms with van der Waals surface area (Å²) in [5.74, 6) is -1.24. The topological polar surface area (TPSA) is 54.4 Å². The lowest BCUT2D eigenvalue weighted by molar-refractivity contribution is 0.0695. The number of carboxylic acid groups (broad SMARTS) is 1. The molecule has 1 aromatic heterocycles. The van der Waals surface area contributed by atoms with Crippen molar-refractivity contribution in [2.24, 2.45) is 0 Å². The number of rotatable bonds is 2. The number of aromatic carboxylic acids is 1. The van der Waals surface area contributed by atoms with Gasteiger partial charge in [-0.05, 0) is 13.0 Å². The van der Waals surface area contributed by atoms with E-state index in [0.717, 1.165) is 4.70 Å². The van der Waals surface area contributed by atoms with Crippen LogP contribution in [0, 0.1) is 0 Å². The molecular formula is C11H8O3S. The van der Waals surface area contributed by atoms with Crippen LogP contribution in [0.5, 0.6) is 0 Å². The van der Waals surface area contributed by atoms with Crippen LogP contribution >= 0.6 is 11.3 Å². The quantitative estimate of drug-likeness (QED) is 0.792. The third-order valence-corrected chi connectivity index (χ3v) is 3.40. The molecule has 0 fully saturated rings. The zero-order valence-corrected chi connectivity index (χ0v) is 8.80. The van der Waals surface area contributed by atoms with Crippen molar-refractivity contribution in [3.63, 3.8) is 0 Å². The average Bonchev–Trinajstić information content (AvgIpc) is 2.56. The normalized spacial score (nSPS) is 10.5. The lowest BCUT2D eigenvalue weighted by Crippen LogP contribution is -2.01. The highest BCUT2D eigenvalue weighted by Gasteiger charge is 2.20. The molecule has 0 aliphatic heterocycles. The summed E-state index contributed by atoms with van der Waals surface area (Å²) in [7, 11) is 0. The summed E-state index contributed by atoms with van der Waals surface area (Å²) in [5, 5.41) is 9.69. The second-order valence-electron chi connectivity index (χ2n) is 3.16. The largest absolute Gasteiger partial charge is 0.478 e. The highest BCUT2D eigenvalue weighted by molar-refractivity contribution is 7.21. The van der Waals surface area contributed by atoms with Crippen molar-refractivity contribution in [2.75, 3.05) is 0 Å². The summed E-state index contributed by atoms with van der Waals surface area (Å²) in [5.41, 5.74) is 0.128. The van der Waals surface area contributed by atoms with Gasteiger partial charge in [-0.15, -0.1) is 11.3 Å². The Kier molecular flexibility index (Phi) is 2.28. The van der Waals surface area contributed by atoms with Crippen LogP contribution in [0.15, 0.2) is 24.3 Å². The van der Waals surface area contributed by atoms with Crippen molar-refractivity contribution in [3.8, 4) is 0 Å². The molecule has 0 aliphatic rings. The highest BCUT2D eigenvalue weighted by Crippen LogP contribution is 2.31. The Morgan fingerprint density at radius 2 is 1.93 bits per heavy atom. The van der Waals surface area contributed by atoms with Crippen molar-refractivity contribution in [1.29, 1.82) is 0 Å². The molecule has 0 unspecified atom stereocenters. The number of hydrogen-bond donors (Lipinski definition) is 1. The molecule has 0 atom stereocenters. The first kappa shape index (κ1) is 9.86. The standard InChI is InChI=1S/C11H8O3S/c1-6(12)10-9(11(13)14)7-4-2-3-5-8(7)15-10/h2-5H,1H3,(H,13,14). The fourth-order valence-corrected chi connectivity index (χ4v) is 2.60. The molecular weight excluding hydrogens is 212 g/mol. The van der Waals surface area contributed by atoms with Gasteiger partial charge in [0.15, 0.2) is 5.78 Å². The van der Waals surface area contributed by atoms with E-state index in [1.165, 1.54) is 18.3 Å². The summed E-state index contributed by atoms with van der Waals surface area (Å²) in [6.07, 6.45) is 0. The first-order chi connectivity index (χ1) is 7.11. The molecule has 0 saturated heterocycles. The van der Waals surface area contributed by atoms with Gasteiger partial charge in [-0.1, -0.05) is 18.2 Å². The minimum Gasteiger partial charge on any atom is -0.478 e. The SMILES string of the molecule is CC(=O)c1sc2ccccc2c1C(=O)O. The Bertz CT molecular complexity index is 554. The van der Waals surface area contributed by atoms with E-state index >= 15 is 0 Å². The minimum atomic E-state index is -1.04. The molecule has 4 heteroatoms. The molecule has 15 heavy (non-hydrogen) atoms. The number of hydrogen-bond acceptors (Lipinski definition) is 3. The van der Waals surface area contributed by atoms with Crippen LogP contribution in [0.1, 0.15) is 27.0 Å². The first-order valence-electron chi connectivity index (χ1n) is 4.37. The van der Waals surface area contributed by atoms with Crippen LogP contribution in [0.4, 0.5) is 0 Å². The van der Waals surface area contributed by atoms with Gasteiger partial charge in [0.25, 0.3) is 0 Å². The molecule has 0 radical (unpaired) electrons. The van der Waals surface area contributed by atoms with Crippen molar-refractivity contribution in [3.05, 3.63) is 34.7 Å². The molecule has 0 saturated carbocycles. The van der Waals surface area contributed by atoms with E-state index in [1.807, 2.05) is 12.1 Å². The van der Waals surface area contributed by atoms with Crippen LogP contribution in [0.3, 0.4) is 0 Å². The Hall–Kier alpha value is -1.68. The molecule has 1 aromatic carbocycles. The van der Waals surface area contributed by atoms with Gasteiger partial charge in [-0.25, -0.2) is 4.79 Å². The summed E-state index contributed by atoms with van der Waals surface area (Å²) >= 11 is 1.23. The van der Waals surface area contributed by atoms with Crippen molar-refractivity contribution < 1.29 is 14.7 Å². The Balaban J connectivity index is 2.86. The number of carboxylic acids is 1. The monoisotopic (exact) mass is 220 g/mol. The van der Waals surface area contributed by atoms with Crippen LogP contribution < -0.4 is 0 Å². The van der Waals surface area contributed by atoms with Gasteiger partial charge in [0.1, 0.15) is 0 Å². The number of carbonyl (C=O) groups excluding carboxylic acids is 1. The summed E-state index contributed by atoms with van der Waals surface area (Å²) in [6, 6.07) is 7.14. The lowest BCUT2D eigenvalue weighted by atomic mass is 10.1. The average molecular weight is 220 g/mol. The Labute approximate surface area is 90.0 Å². The van der Waals surface area contributed by atoms with Crippen molar-refractivity contribution in [2.45, 2.75) is 6.92 Å². The van der Waals surface area contributed by atoms with Crippen LogP contribution in [0.25, 0.3) is 10.1 Å². The van der Waals surface area contributed by atoms with Gasteiger partial charge in [-0.3, -0.25) is 4.79 Å². The summed E-state index contributed by atoms with van der Waals surface area (Å²) in [4.78, 5) is 22.7. The molecule has 1 heterocycles. The van der Waals surface area contributed by atoms with E-state index in [1.54, 1.807) is 12.1 Å². The van der Waals surface area contributed by atoms with Crippen LogP contribution in [-0.2, 0) is 0 Å². The minimum absolute atomic E-state index is 0.128. The molecule has 76 valence electrons. The Morgan fingerprint density at radius 3 is 2.53 bits per heavy atom. The molecule has 0 spiro atoms. The predicted octanol–water partition coefficient (Wildman–Crippen LogP) is 2.80. The number of carbonyl (C=O) groups is 2. The maximum Gasteiger partial charge on any atom is 0.337 e. The van der Waals surface area contributed by atoms with Gasteiger partial charge in [0.05, 0.1) is 10.4 Å². The lowest BCUT2D eigenvalue weighted by Gasteiger charge is -1.94. The second-order valence-corrected chi connectivity index (χ2v) is 4.22. The van der Waals surface area contributed by atoms with E-state index in [0.29, 0.717) is 10.3 Å². The number of Topliss-reactive ketones (excluding diaryl/α,β-unsaturated/α-hetero) is 1. The van der Waals surface area contributed by atoms with Gasteiger partial charge < -0.3 is 5.11 Å². The molecule has 3 nitrogen and oxygen atoms in total. The van der Waals surface area contributed by atoms with Gasteiger partial charge >= 0.3 is 5.97 Å². The number of ketones is 1. The fourth-order valence-electron chi connectivity index (χ4n) is 1.51. The van der Waals surface area contributed by atoms with E-state index in [2.05, 4.69) is 0 Å². The van der Waals surface area contributed by atoms with E-state index in [9.17, 15) is 9.59 Å². The number of fused-ring (bicyclic) bond motifs is 1. The third-order valence-electron chi connectivity index (χ3n) is 2.13. The number of thiophene rings is 1. The molecule has 1 N–H and O–H groups in total. The van der Waals surface area contributed by atoms with Gasteiger partial charge in [-0.2, -0.15) is 0 Å². The summed E-state index contributed by atoms with van der Waals surface area (Å²) < 4.78 is 0.833. The van der Waals surface area contributed by atoms with E-state index < -0.39 is 5.97 Å². The fraction of sp³-hybridized carbons (Fsp3) is 0.0909. The maximum absolute atomic E-state index is 11.3. The smallest absolute Gasteiger partial charge is 0.337 e. The van der Waals surface area contributed by atoms with Crippen LogP contribution in [0.2, 0.25) is 0 Å². The van der Waals surface area contributed by atoms with E-state index in [-0.39, 0.29) is 11.3 Å². The molecule has 0 aliphatic carbocycles. The van der Waals surface area contributed by atoms with Gasteiger partial charge in [0, 0.05) is 10.1 Å². The number of benzene rings is 1. The summed E-state index contributed by atoms with van der Waals surface area (Å²) in [6.45, 7) is 1.39. The molecule has 0 bridgehead atoms. The van der Waals surface area contributed by atoms with Crippen molar-refractivity contribution in [1.82, 2.24) is 0 Å². The molecule has 0 amide bonds. The van der Waals surface area contributed by atoms with E-state index in [4.69, 9.17) is 5.11 Å². The van der Waals surface area contributed by atoms with Crippen molar-refractivity contribution >= 4 is 33.2 Å². The molecule has 2 aromatic rings. The van der Waals surface area contributed by atoms with Gasteiger partial charge in [0.2, 0.25) is 0 Å². The Morgan fingerprint density at radius 1 is 1.27 bits per heavy atom. The zero-order chi connectivity index (χ0) is 11.0. The second kappa shape index (κ2) is 3.47. The highest BCUT2D eigenvalue weighted by atomic mass is 32.1. The maximum atomic E-state index is 11.3. The molecule has 2 rings (SSSR count).